The molecule has 0 amide bonds. The summed E-state index contributed by atoms with van der Waals surface area (Å²) in [7, 11) is 0. The maximum atomic E-state index is 5.78. The van der Waals surface area contributed by atoms with Crippen molar-refractivity contribution in [3.05, 3.63) is 11.9 Å². The van der Waals surface area contributed by atoms with Crippen molar-refractivity contribution in [1.29, 1.82) is 0 Å². The van der Waals surface area contributed by atoms with E-state index in [1.165, 1.54) is 32.4 Å². The van der Waals surface area contributed by atoms with E-state index in [-0.39, 0.29) is 0 Å². The first-order chi connectivity index (χ1) is 9.19. The second-order valence-corrected chi connectivity index (χ2v) is 5.27. The fourth-order valence-electron chi connectivity index (χ4n) is 2.51. The summed E-state index contributed by atoms with van der Waals surface area (Å²) in [6, 6.07) is 2.34. The smallest absolute Gasteiger partial charge is 0.132 e. The lowest BCUT2D eigenvalue weighted by Crippen LogP contribution is -2.41. The highest BCUT2D eigenvalue weighted by Gasteiger charge is 2.16. The molecule has 1 unspecified atom stereocenters. The summed E-state index contributed by atoms with van der Waals surface area (Å²) in [5.74, 6) is 2.18. The summed E-state index contributed by atoms with van der Waals surface area (Å²) in [6.45, 7) is 7.64. The molecule has 0 bridgehead atoms. The van der Waals surface area contributed by atoms with Crippen LogP contribution >= 0.6 is 0 Å². The van der Waals surface area contributed by atoms with Crippen LogP contribution in [0.25, 0.3) is 0 Å². The summed E-state index contributed by atoms with van der Waals surface area (Å²) in [6.07, 6.45) is 4.83. The first-order valence-corrected chi connectivity index (χ1v) is 7.30. The topological polar surface area (TPSA) is 67.1 Å². The number of likely N-dealkylation sites (tertiary alicyclic amines) is 1. The highest BCUT2D eigenvalue weighted by molar-refractivity contribution is 5.44. The lowest BCUT2D eigenvalue weighted by molar-refractivity contribution is 0.180. The van der Waals surface area contributed by atoms with Crippen LogP contribution in [0.1, 0.15) is 38.9 Å². The second-order valence-electron chi connectivity index (χ2n) is 5.27. The molecular weight excluding hydrogens is 238 g/mol. The summed E-state index contributed by atoms with van der Waals surface area (Å²) in [4.78, 5) is 11.2. The zero-order valence-electron chi connectivity index (χ0n) is 12.0. The molecule has 1 aliphatic rings. The summed E-state index contributed by atoms with van der Waals surface area (Å²) >= 11 is 0. The third-order valence-electron chi connectivity index (χ3n) is 3.70. The van der Waals surface area contributed by atoms with E-state index in [0.717, 1.165) is 24.6 Å². The van der Waals surface area contributed by atoms with Crippen molar-refractivity contribution in [2.75, 3.05) is 30.7 Å². The fraction of sp³-hybridized carbons (Fsp3) is 0.714. The number of nitrogens with two attached hydrogens (primary N) is 1. The average Bonchev–Trinajstić information content (AvgIpc) is 2.45. The molecule has 19 heavy (non-hydrogen) atoms. The number of hydrogen-bond donors (Lipinski definition) is 2. The number of nitrogens with one attached hydrogen (secondary N) is 1. The van der Waals surface area contributed by atoms with Gasteiger partial charge in [-0.2, -0.15) is 0 Å². The minimum Gasteiger partial charge on any atom is -0.384 e. The van der Waals surface area contributed by atoms with Crippen LogP contribution in [0, 0.1) is 0 Å². The molecule has 1 saturated heterocycles. The Morgan fingerprint density at radius 3 is 2.74 bits per heavy atom. The van der Waals surface area contributed by atoms with Crippen LogP contribution in [0.2, 0.25) is 0 Å². The third-order valence-corrected chi connectivity index (χ3v) is 3.70. The number of anilines is 2. The molecular formula is C14H25N5. The van der Waals surface area contributed by atoms with Gasteiger partial charge in [-0.1, -0.05) is 13.3 Å². The van der Waals surface area contributed by atoms with Gasteiger partial charge in [0.1, 0.15) is 17.5 Å². The van der Waals surface area contributed by atoms with Crippen LogP contribution in [0.15, 0.2) is 6.07 Å². The summed E-state index contributed by atoms with van der Waals surface area (Å²) < 4.78 is 0. The molecule has 0 saturated carbocycles. The van der Waals surface area contributed by atoms with Gasteiger partial charge in [-0.05, 0) is 32.9 Å². The van der Waals surface area contributed by atoms with E-state index >= 15 is 0 Å². The number of hydrogen-bond acceptors (Lipinski definition) is 5. The Morgan fingerprint density at radius 2 is 2.05 bits per heavy atom. The van der Waals surface area contributed by atoms with Gasteiger partial charge in [-0.15, -0.1) is 0 Å². The molecule has 0 aliphatic carbocycles. The number of aryl methyl sites for hydroxylation is 1. The summed E-state index contributed by atoms with van der Waals surface area (Å²) in [5, 5.41) is 3.38. The molecule has 5 heteroatoms. The van der Waals surface area contributed by atoms with E-state index < -0.39 is 0 Å². The van der Waals surface area contributed by atoms with Crippen molar-refractivity contribution >= 4 is 11.6 Å². The number of aromatic nitrogens is 2. The zero-order chi connectivity index (χ0) is 13.7. The number of piperidine rings is 1. The largest absolute Gasteiger partial charge is 0.384 e. The van der Waals surface area contributed by atoms with Crippen LogP contribution in [0.4, 0.5) is 11.6 Å². The van der Waals surface area contributed by atoms with Gasteiger partial charge in [0.15, 0.2) is 0 Å². The van der Waals surface area contributed by atoms with E-state index in [1.54, 1.807) is 0 Å². The van der Waals surface area contributed by atoms with Crippen molar-refractivity contribution < 1.29 is 0 Å². The Bertz CT molecular complexity index is 401. The summed E-state index contributed by atoms with van der Waals surface area (Å²) in [5.41, 5.74) is 5.78. The normalized spacial score (nSPS) is 18.2. The Morgan fingerprint density at radius 1 is 1.32 bits per heavy atom. The van der Waals surface area contributed by atoms with Crippen LogP contribution in [0.3, 0.4) is 0 Å². The standard InChI is InChI=1S/C14H25N5/c1-3-13-17-12(15)9-14(18-13)16-10-11(2)19-7-5-4-6-8-19/h9,11H,3-8,10H2,1-2H3,(H3,15,16,17,18). The first kappa shape index (κ1) is 14.1. The maximum absolute atomic E-state index is 5.78. The van der Waals surface area contributed by atoms with E-state index in [1.807, 2.05) is 13.0 Å². The Balaban J connectivity index is 1.88. The fourth-order valence-corrected chi connectivity index (χ4v) is 2.51. The molecule has 1 atom stereocenters. The lowest BCUT2D eigenvalue weighted by atomic mass is 10.1. The SMILES string of the molecule is CCc1nc(N)cc(NCC(C)N2CCCCC2)n1. The number of rotatable bonds is 5. The predicted molar refractivity (Wildman–Crippen MR) is 79.2 cm³/mol. The second kappa shape index (κ2) is 6.70. The first-order valence-electron chi connectivity index (χ1n) is 7.30. The molecule has 2 heterocycles. The van der Waals surface area contributed by atoms with E-state index in [0.29, 0.717) is 11.9 Å². The molecule has 0 spiro atoms. The Hall–Kier alpha value is -1.36. The number of nitrogen functional groups attached to an aromatic ring is 1. The van der Waals surface area contributed by atoms with Gasteiger partial charge in [0.25, 0.3) is 0 Å². The van der Waals surface area contributed by atoms with Crippen LogP contribution in [0.5, 0.6) is 0 Å². The average molecular weight is 263 g/mol. The minimum absolute atomic E-state index is 0.529. The predicted octanol–water partition coefficient (Wildman–Crippen LogP) is 1.91. The molecule has 1 aliphatic heterocycles. The molecule has 3 N–H and O–H groups in total. The molecule has 2 rings (SSSR count). The maximum Gasteiger partial charge on any atom is 0.132 e. The Labute approximate surface area is 115 Å². The highest BCUT2D eigenvalue weighted by atomic mass is 15.2. The van der Waals surface area contributed by atoms with Crippen LogP contribution < -0.4 is 11.1 Å². The van der Waals surface area contributed by atoms with E-state index in [9.17, 15) is 0 Å². The van der Waals surface area contributed by atoms with Crippen LogP contribution in [-0.4, -0.2) is 40.5 Å². The molecule has 1 fully saturated rings. The molecule has 106 valence electrons. The highest BCUT2D eigenvalue weighted by Crippen LogP contribution is 2.13. The van der Waals surface area contributed by atoms with Crippen molar-refractivity contribution in [3.63, 3.8) is 0 Å². The minimum atomic E-state index is 0.529. The Kier molecular flexibility index (Phi) is 4.96. The van der Waals surface area contributed by atoms with Crippen LogP contribution in [-0.2, 0) is 6.42 Å². The zero-order valence-corrected chi connectivity index (χ0v) is 12.0. The van der Waals surface area contributed by atoms with Gasteiger partial charge in [-0.25, -0.2) is 9.97 Å². The van der Waals surface area contributed by atoms with Crippen molar-refractivity contribution in [3.8, 4) is 0 Å². The molecule has 0 radical (unpaired) electrons. The number of nitrogens with zero attached hydrogens (tertiary/aromatic N) is 3. The lowest BCUT2D eigenvalue weighted by Gasteiger charge is -2.32. The van der Waals surface area contributed by atoms with E-state index in [4.69, 9.17) is 5.73 Å². The third kappa shape index (κ3) is 4.06. The molecule has 0 aromatic carbocycles. The quantitative estimate of drug-likeness (QED) is 0.849. The van der Waals surface area contributed by atoms with Gasteiger partial charge < -0.3 is 11.1 Å². The van der Waals surface area contributed by atoms with Gasteiger partial charge >= 0.3 is 0 Å². The van der Waals surface area contributed by atoms with Gasteiger partial charge in [0.05, 0.1) is 0 Å². The van der Waals surface area contributed by atoms with Gasteiger partial charge in [-0.3, -0.25) is 4.90 Å². The molecule has 1 aromatic rings. The van der Waals surface area contributed by atoms with E-state index in [2.05, 4.69) is 27.1 Å². The van der Waals surface area contributed by atoms with Crippen molar-refractivity contribution in [2.45, 2.75) is 45.6 Å². The van der Waals surface area contributed by atoms with Gasteiger partial charge in [0, 0.05) is 25.1 Å². The van der Waals surface area contributed by atoms with Crippen molar-refractivity contribution in [2.24, 2.45) is 0 Å². The molecule has 5 nitrogen and oxygen atoms in total. The van der Waals surface area contributed by atoms with Gasteiger partial charge in [0.2, 0.25) is 0 Å². The molecule has 1 aromatic heterocycles. The monoisotopic (exact) mass is 263 g/mol. The van der Waals surface area contributed by atoms with Crippen molar-refractivity contribution in [1.82, 2.24) is 14.9 Å².